The fraction of sp³-hybridized carbons (Fsp3) is 0.462. The SMILES string of the molecule is CCc1cc2c(C(=O)O)nc(CC3CC3)nc2s1. The first-order chi connectivity index (χ1) is 8.67. The van der Waals surface area contributed by atoms with E-state index in [1.54, 1.807) is 11.3 Å². The van der Waals surface area contributed by atoms with E-state index in [1.165, 1.54) is 12.8 Å². The lowest BCUT2D eigenvalue weighted by molar-refractivity contribution is 0.0692. The third kappa shape index (κ3) is 2.10. The van der Waals surface area contributed by atoms with Crippen LogP contribution in [0.4, 0.5) is 0 Å². The Morgan fingerprint density at radius 3 is 2.89 bits per heavy atom. The number of aromatic nitrogens is 2. The lowest BCUT2D eigenvalue weighted by atomic mass is 10.2. The van der Waals surface area contributed by atoms with Crippen molar-refractivity contribution in [1.82, 2.24) is 9.97 Å². The van der Waals surface area contributed by atoms with Crippen molar-refractivity contribution in [3.63, 3.8) is 0 Å². The lowest BCUT2D eigenvalue weighted by Crippen LogP contribution is -2.06. The van der Waals surface area contributed by atoms with Gasteiger partial charge >= 0.3 is 5.97 Å². The van der Waals surface area contributed by atoms with E-state index in [2.05, 4.69) is 16.9 Å². The standard InChI is InChI=1S/C13H14N2O2S/c1-2-8-6-9-11(13(16)17)14-10(5-7-3-4-7)15-12(9)18-8/h6-7H,2-5H2,1H3,(H,16,17). The van der Waals surface area contributed by atoms with E-state index in [0.717, 1.165) is 22.5 Å². The van der Waals surface area contributed by atoms with Crippen LogP contribution >= 0.6 is 11.3 Å². The lowest BCUT2D eigenvalue weighted by Gasteiger charge is -2.01. The van der Waals surface area contributed by atoms with Gasteiger partial charge in [-0.25, -0.2) is 14.8 Å². The van der Waals surface area contributed by atoms with Gasteiger partial charge in [0, 0.05) is 16.7 Å². The van der Waals surface area contributed by atoms with E-state index >= 15 is 0 Å². The molecule has 0 spiro atoms. The van der Waals surface area contributed by atoms with Gasteiger partial charge < -0.3 is 5.11 Å². The first-order valence-corrected chi connectivity index (χ1v) is 7.01. The number of hydrogen-bond donors (Lipinski definition) is 1. The number of rotatable bonds is 4. The molecule has 2 aromatic heterocycles. The molecule has 1 N–H and O–H groups in total. The Balaban J connectivity index is 2.12. The van der Waals surface area contributed by atoms with Crippen LogP contribution in [0.5, 0.6) is 0 Å². The molecule has 0 aliphatic heterocycles. The number of thiophene rings is 1. The van der Waals surface area contributed by atoms with Crippen LogP contribution in [0.15, 0.2) is 6.07 Å². The Morgan fingerprint density at radius 1 is 1.50 bits per heavy atom. The maximum atomic E-state index is 11.3. The van der Waals surface area contributed by atoms with E-state index in [9.17, 15) is 9.90 Å². The summed E-state index contributed by atoms with van der Waals surface area (Å²) >= 11 is 1.58. The van der Waals surface area contributed by atoms with Gasteiger partial charge in [-0.2, -0.15) is 0 Å². The van der Waals surface area contributed by atoms with Crippen LogP contribution in [-0.4, -0.2) is 21.0 Å². The quantitative estimate of drug-likeness (QED) is 0.920. The molecule has 0 atom stereocenters. The minimum Gasteiger partial charge on any atom is -0.476 e. The predicted molar refractivity (Wildman–Crippen MR) is 70.2 cm³/mol. The van der Waals surface area contributed by atoms with Crippen LogP contribution in [0.25, 0.3) is 10.2 Å². The summed E-state index contributed by atoms with van der Waals surface area (Å²) in [4.78, 5) is 22.0. The summed E-state index contributed by atoms with van der Waals surface area (Å²) < 4.78 is 0. The van der Waals surface area contributed by atoms with E-state index in [1.807, 2.05) is 6.07 Å². The summed E-state index contributed by atoms with van der Waals surface area (Å²) in [5.74, 6) is 0.390. The molecule has 0 unspecified atom stereocenters. The van der Waals surface area contributed by atoms with Crippen molar-refractivity contribution in [2.75, 3.05) is 0 Å². The minimum atomic E-state index is -0.958. The molecule has 2 heterocycles. The maximum absolute atomic E-state index is 11.3. The molecule has 1 aliphatic rings. The van der Waals surface area contributed by atoms with Crippen molar-refractivity contribution < 1.29 is 9.90 Å². The van der Waals surface area contributed by atoms with Crippen molar-refractivity contribution >= 4 is 27.5 Å². The zero-order valence-corrected chi connectivity index (χ0v) is 11.0. The predicted octanol–water partition coefficient (Wildman–Crippen LogP) is 2.90. The molecule has 0 bridgehead atoms. The van der Waals surface area contributed by atoms with Crippen LogP contribution in [0.1, 0.15) is 41.0 Å². The number of aryl methyl sites for hydroxylation is 1. The Hall–Kier alpha value is -1.49. The van der Waals surface area contributed by atoms with Gasteiger partial charge in [-0.05, 0) is 31.2 Å². The molecule has 0 aromatic carbocycles. The Labute approximate surface area is 109 Å². The second kappa shape index (κ2) is 4.31. The molecule has 5 heteroatoms. The van der Waals surface area contributed by atoms with E-state index in [0.29, 0.717) is 17.1 Å². The van der Waals surface area contributed by atoms with Crippen molar-refractivity contribution in [3.05, 3.63) is 22.5 Å². The smallest absolute Gasteiger partial charge is 0.355 e. The third-order valence-electron chi connectivity index (χ3n) is 3.21. The fourth-order valence-electron chi connectivity index (χ4n) is 2.02. The van der Waals surface area contributed by atoms with Crippen LogP contribution in [-0.2, 0) is 12.8 Å². The summed E-state index contributed by atoms with van der Waals surface area (Å²) in [5, 5.41) is 9.94. The molecular formula is C13H14N2O2S. The van der Waals surface area contributed by atoms with Gasteiger partial charge in [0.05, 0.1) is 0 Å². The summed E-state index contributed by atoms with van der Waals surface area (Å²) in [6.45, 7) is 2.06. The molecule has 18 heavy (non-hydrogen) atoms. The molecule has 1 fully saturated rings. The highest BCUT2D eigenvalue weighted by Gasteiger charge is 2.24. The number of aromatic carboxylic acids is 1. The van der Waals surface area contributed by atoms with Crippen molar-refractivity contribution in [3.8, 4) is 0 Å². The Kier molecular flexibility index (Phi) is 2.78. The highest BCUT2D eigenvalue weighted by Crippen LogP contribution is 2.33. The number of carboxylic acid groups (broad SMARTS) is 1. The zero-order valence-electron chi connectivity index (χ0n) is 10.1. The largest absolute Gasteiger partial charge is 0.476 e. The summed E-state index contributed by atoms with van der Waals surface area (Å²) in [7, 11) is 0. The molecule has 3 rings (SSSR count). The normalized spacial score (nSPS) is 15.2. The van der Waals surface area contributed by atoms with Crippen LogP contribution < -0.4 is 0 Å². The third-order valence-corrected chi connectivity index (χ3v) is 4.38. The van der Waals surface area contributed by atoms with Gasteiger partial charge in [0.25, 0.3) is 0 Å². The number of hydrogen-bond acceptors (Lipinski definition) is 4. The van der Waals surface area contributed by atoms with Crippen LogP contribution in [0.3, 0.4) is 0 Å². The Morgan fingerprint density at radius 2 is 2.28 bits per heavy atom. The van der Waals surface area contributed by atoms with Crippen LogP contribution in [0.2, 0.25) is 0 Å². The molecule has 4 nitrogen and oxygen atoms in total. The van der Waals surface area contributed by atoms with Gasteiger partial charge in [0.15, 0.2) is 5.69 Å². The number of carbonyl (C=O) groups is 1. The molecule has 0 saturated heterocycles. The first-order valence-electron chi connectivity index (χ1n) is 6.20. The molecule has 1 saturated carbocycles. The highest BCUT2D eigenvalue weighted by atomic mass is 32.1. The van der Waals surface area contributed by atoms with Crippen molar-refractivity contribution in [2.24, 2.45) is 5.92 Å². The summed E-state index contributed by atoms with van der Waals surface area (Å²) in [5.41, 5.74) is 0.159. The number of nitrogens with zero attached hydrogens (tertiary/aromatic N) is 2. The molecule has 94 valence electrons. The van der Waals surface area contributed by atoms with E-state index < -0.39 is 5.97 Å². The van der Waals surface area contributed by atoms with Gasteiger partial charge in [-0.1, -0.05) is 6.92 Å². The molecule has 1 aliphatic carbocycles. The summed E-state index contributed by atoms with van der Waals surface area (Å²) in [6, 6.07) is 1.91. The average Bonchev–Trinajstić information content (AvgIpc) is 3.05. The van der Waals surface area contributed by atoms with E-state index in [-0.39, 0.29) is 5.69 Å². The fourth-order valence-corrected chi connectivity index (χ4v) is 3.01. The second-order valence-electron chi connectivity index (χ2n) is 4.73. The topological polar surface area (TPSA) is 63.1 Å². The molecular weight excluding hydrogens is 248 g/mol. The van der Waals surface area contributed by atoms with Crippen LogP contribution in [0, 0.1) is 5.92 Å². The first kappa shape index (κ1) is 11.6. The van der Waals surface area contributed by atoms with Crippen molar-refractivity contribution in [1.29, 1.82) is 0 Å². The highest BCUT2D eigenvalue weighted by molar-refractivity contribution is 7.18. The molecule has 2 aromatic rings. The Bertz CT molecular complexity index is 617. The van der Waals surface area contributed by atoms with Crippen molar-refractivity contribution in [2.45, 2.75) is 32.6 Å². The molecule has 0 amide bonds. The zero-order chi connectivity index (χ0) is 12.7. The summed E-state index contributed by atoms with van der Waals surface area (Å²) in [6.07, 6.45) is 4.15. The maximum Gasteiger partial charge on any atom is 0.355 e. The van der Waals surface area contributed by atoms with E-state index in [4.69, 9.17) is 0 Å². The van der Waals surface area contributed by atoms with Gasteiger partial charge in [-0.15, -0.1) is 11.3 Å². The number of fused-ring (bicyclic) bond motifs is 1. The second-order valence-corrected chi connectivity index (χ2v) is 5.84. The van der Waals surface area contributed by atoms with Gasteiger partial charge in [0.1, 0.15) is 10.7 Å². The number of carboxylic acids is 1. The minimum absolute atomic E-state index is 0.159. The monoisotopic (exact) mass is 262 g/mol. The van der Waals surface area contributed by atoms with Gasteiger partial charge in [-0.3, -0.25) is 0 Å². The average molecular weight is 262 g/mol. The molecule has 0 radical (unpaired) electrons. The van der Waals surface area contributed by atoms with Gasteiger partial charge in [0.2, 0.25) is 0 Å².